The van der Waals surface area contributed by atoms with E-state index in [1.807, 2.05) is 0 Å². The first-order valence-electron chi connectivity index (χ1n) is 16.7. The Morgan fingerprint density at radius 3 is 1.49 bits per heavy atom. The van der Waals surface area contributed by atoms with Gasteiger partial charge in [-0.25, -0.2) is 0 Å². The Bertz CT molecular complexity index is 1050. The van der Waals surface area contributed by atoms with Crippen molar-refractivity contribution in [3.63, 3.8) is 0 Å². The van der Waals surface area contributed by atoms with Gasteiger partial charge in [-0.2, -0.15) is 0 Å². The van der Waals surface area contributed by atoms with E-state index in [2.05, 4.69) is 116 Å². The lowest BCUT2D eigenvalue weighted by atomic mass is 9.91. The van der Waals surface area contributed by atoms with Crippen LogP contribution in [-0.4, -0.2) is 19.6 Å². The number of nitrogens with one attached hydrogen (secondary N) is 3. The maximum absolute atomic E-state index is 3.97. The lowest BCUT2D eigenvalue weighted by Crippen LogP contribution is -2.26. The third-order valence-corrected chi connectivity index (χ3v) is 8.09. The number of rotatable bonds is 22. The molecule has 3 rings (SSSR count). The van der Waals surface area contributed by atoms with E-state index in [0.29, 0.717) is 0 Å². The first-order valence-corrected chi connectivity index (χ1v) is 16.7. The van der Waals surface area contributed by atoms with Gasteiger partial charge in [0.05, 0.1) is 12.1 Å². The van der Waals surface area contributed by atoms with Gasteiger partial charge in [-0.1, -0.05) is 145 Å². The fourth-order valence-corrected chi connectivity index (χ4v) is 5.66. The van der Waals surface area contributed by atoms with Gasteiger partial charge in [-0.15, -0.1) is 0 Å². The van der Waals surface area contributed by atoms with Crippen molar-refractivity contribution in [1.82, 2.24) is 10.6 Å². The quantitative estimate of drug-likeness (QED) is 0.108. The zero-order valence-electron chi connectivity index (χ0n) is 26.3. The largest absolute Gasteiger partial charge is 0.385 e. The van der Waals surface area contributed by atoms with Crippen LogP contribution in [0.2, 0.25) is 0 Å². The summed E-state index contributed by atoms with van der Waals surface area (Å²) in [5.41, 5.74) is 6.62. The van der Waals surface area contributed by atoms with E-state index >= 15 is 0 Å². The minimum Gasteiger partial charge on any atom is -0.385 e. The molecule has 0 bridgehead atoms. The summed E-state index contributed by atoms with van der Waals surface area (Å²) in [5.74, 6) is 0. The SMILES string of the molecule is CCCCCCNc1ccc(C(NCCCCCC)c2ccccc2)cc1C(NCCCCCC)c1ccccc1. The molecule has 0 aliphatic rings. The minimum atomic E-state index is 0.150. The zero-order chi connectivity index (χ0) is 29.0. The molecule has 224 valence electrons. The fraction of sp³-hybridized carbons (Fsp3) is 0.526. The third kappa shape index (κ3) is 11.6. The molecular weight excluding hydrogens is 498 g/mol. The Kier molecular flexibility index (Phi) is 16.3. The van der Waals surface area contributed by atoms with Gasteiger partial charge in [0.1, 0.15) is 0 Å². The summed E-state index contributed by atoms with van der Waals surface area (Å²) in [6, 6.07) is 29.5. The molecule has 0 heterocycles. The van der Waals surface area contributed by atoms with E-state index in [0.717, 1.165) is 19.6 Å². The van der Waals surface area contributed by atoms with E-state index in [4.69, 9.17) is 0 Å². The Morgan fingerprint density at radius 1 is 0.463 bits per heavy atom. The normalized spacial score (nSPS) is 12.8. The second kappa shape index (κ2) is 20.3. The molecule has 0 aromatic heterocycles. The summed E-state index contributed by atoms with van der Waals surface area (Å²) >= 11 is 0. The number of unbranched alkanes of at least 4 members (excludes halogenated alkanes) is 9. The maximum atomic E-state index is 3.97. The van der Waals surface area contributed by atoms with E-state index < -0.39 is 0 Å². The van der Waals surface area contributed by atoms with Gasteiger partial charge >= 0.3 is 0 Å². The number of hydrogen-bond acceptors (Lipinski definition) is 3. The first kappa shape index (κ1) is 32.9. The molecule has 0 aliphatic heterocycles. The van der Waals surface area contributed by atoms with Gasteiger partial charge in [0.25, 0.3) is 0 Å². The van der Waals surface area contributed by atoms with Crippen LogP contribution >= 0.6 is 0 Å². The molecule has 0 radical (unpaired) electrons. The minimum absolute atomic E-state index is 0.150. The van der Waals surface area contributed by atoms with Crippen LogP contribution in [0.4, 0.5) is 5.69 Å². The summed E-state index contributed by atoms with van der Waals surface area (Å²) in [4.78, 5) is 0. The predicted octanol–water partition coefficient (Wildman–Crippen LogP) is 10.2. The molecule has 41 heavy (non-hydrogen) atoms. The van der Waals surface area contributed by atoms with Crippen molar-refractivity contribution < 1.29 is 0 Å². The highest BCUT2D eigenvalue weighted by molar-refractivity contribution is 5.57. The molecule has 3 nitrogen and oxygen atoms in total. The monoisotopic (exact) mass is 555 g/mol. The Hall–Kier alpha value is -2.62. The molecule has 0 saturated heterocycles. The fourth-order valence-electron chi connectivity index (χ4n) is 5.66. The van der Waals surface area contributed by atoms with Crippen molar-refractivity contribution in [1.29, 1.82) is 0 Å². The smallest absolute Gasteiger partial charge is 0.0597 e. The van der Waals surface area contributed by atoms with Crippen LogP contribution in [-0.2, 0) is 0 Å². The zero-order valence-corrected chi connectivity index (χ0v) is 26.3. The van der Waals surface area contributed by atoms with E-state index in [1.54, 1.807) is 0 Å². The number of hydrogen-bond donors (Lipinski definition) is 3. The van der Waals surface area contributed by atoms with Gasteiger partial charge < -0.3 is 16.0 Å². The van der Waals surface area contributed by atoms with Gasteiger partial charge in [0, 0.05) is 12.2 Å². The molecule has 0 fully saturated rings. The molecule has 2 atom stereocenters. The Labute approximate surface area is 251 Å². The third-order valence-electron chi connectivity index (χ3n) is 8.09. The maximum Gasteiger partial charge on any atom is 0.0597 e. The molecule has 3 aromatic rings. The van der Waals surface area contributed by atoms with E-state index in [-0.39, 0.29) is 12.1 Å². The summed E-state index contributed by atoms with van der Waals surface area (Å²) in [6.45, 7) is 9.92. The van der Waals surface area contributed by atoms with Crippen LogP contribution in [0, 0.1) is 0 Å². The second-order valence-corrected chi connectivity index (χ2v) is 11.6. The number of benzene rings is 3. The highest BCUT2D eigenvalue weighted by atomic mass is 14.9. The lowest BCUT2D eigenvalue weighted by Gasteiger charge is -2.27. The summed E-state index contributed by atoms with van der Waals surface area (Å²) < 4.78 is 0. The molecule has 0 aliphatic carbocycles. The Balaban J connectivity index is 1.95. The summed E-state index contributed by atoms with van der Waals surface area (Å²) in [5, 5.41) is 11.7. The summed E-state index contributed by atoms with van der Waals surface area (Å²) in [7, 11) is 0. The molecule has 0 spiro atoms. The molecular formula is C38H57N3. The van der Waals surface area contributed by atoms with Gasteiger partial charge in [0.2, 0.25) is 0 Å². The van der Waals surface area contributed by atoms with Crippen LogP contribution in [0.15, 0.2) is 78.9 Å². The molecule has 0 amide bonds. The average Bonchev–Trinajstić information content (AvgIpc) is 3.02. The van der Waals surface area contributed by atoms with Crippen molar-refractivity contribution in [2.75, 3.05) is 25.0 Å². The van der Waals surface area contributed by atoms with Gasteiger partial charge in [-0.05, 0) is 66.7 Å². The van der Waals surface area contributed by atoms with Gasteiger partial charge in [0.15, 0.2) is 0 Å². The molecule has 3 aromatic carbocycles. The standard InChI is InChI=1S/C38H57N3/c1-4-7-10-19-28-39-36-27-26-34(37(32-22-15-13-16-23-32)40-29-20-11-8-5-2)31-35(36)38(33-24-17-14-18-25-33)41-30-21-12-9-6-3/h13-18,22-27,31,37-41H,4-12,19-21,28-30H2,1-3H3. The van der Waals surface area contributed by atoms with Crippen molar-refractivity contribution in [2.45, 2.75) is 110 Å². The van der Waals surface area contributed by atoms with Gasteiger partial charge in [-0.3, -0.25) is 0 Å². The van der Waals surface area contributed by atoms with Crippen LogP contribution in [0.1, 0.15) is 132 Å². The van der Waals surface area contributed by atoms with E-state index in [9.17, 15) is 0 Å². The van der Waals surface area contributed by atoms with Crippen molar-refractivity contribution in [3.8, 4) is 0 Å². The first-order chi connectivity index (χ1) is 20.3. The average molecular weight is 556 g/mol. The van der Waals surface area contributed by atoms with Crippen molar-refractivity contribution in [3.05, 3.63) is 101 Å². The topological polar surface area (TPSA) is 36.1 Å². The molecule has 2 unspecified atom stereocenters. The van der Waals surface area contributed by atoms with E-state index in [1.165, 1.54) is 105 Å². The van der Waals surface area contributed by atoms with Crippen molar-refractivity contribution in [2.24, 2.45) is 0 Å². The second-order valence-electron chi connectivity index (χ2n) is 11.6. The van der Waals surface area contributed by atoms with Crippen LogP contribution in [0.25, 0.3) is 0 Å². The summed E-state index contributed by atoms with van der Waals surface area (Å²) in [6.07, 6.45) is 15.2. The highest BCUT2D eigenvalue weighted by Gasteiger charge is 2.21. The van der Waals surface area contributed by atoms with Crippen LogP contribution in [0.3, 0.4) is 0 Å². The molecule has 3 N–H and O–H groups in total. The number of anilines is 1. The van der Waals surface area contributed by atoms with Crippen LogP contribution < -0.4 is 16.0 Å². The molecule has 0 saturated carbocycles. The Morgan fingerprint density at radius 2 is 0.951 bits per heavy atom. The molecule has 3 heteroatoms. The van der Waals surface area contributed by atoms with Crippen LogP contribution in [0.5, 0.6) is 0 Å². The van der Waals surface area contributed by atoms with Crippen molar-refractivity contribution >= 4 is 5.69 Å². The lowest BCUT2D eigenvalue weighted by molar-refractivity contribution is 0.548. The highest BCUT2D eigenvalue weighted by Crippen LogP contribution is 2.33. The predicted molar refractivity (Wildman–Crippen MR) is 180 cm³/mol.